The number of nitrogens with zero attached hydrogens (tertiary/aromatic N) is 3. The van der Waals surface area contributed by atoms with Crippen LogP contribution >= 0.6 is 0 Å². The van der Waals surface area contributed by atoms with E-state index in [0.29, 0.717) is 12.5 Å². The van der Waals surface area contributed by atoms with Gasteiger partial charge in [0.05, 0.1) is 0 Å². The van der Waals surface area contributed by atoms with E-state index < -0.39 is 12.1 Å². The number of carboxylic acid groups (broad SMARTS) is 1. The molecule has 1 saturated carbocycles. The summed E-state index contributed by atoms with van der Waals surface area (Å²) in [5.74, 6) is 0.201. The first-order valence-corrected chi connectivity index (χ1v) is 5.47. The van der Waals surface area contributed by atoms with Crippen molar-refractivity contribution in [3.8, 4) is 0 Å². The molecule has 1 aromatic rings. The number of aromatic nitrogens is 3. The van der Waals surface area contributed by atoms with Crippen LogP contribution in [-0.2, 0) is 11.3 Å². The Hall–Kier alpha value is -1.43. The molecule has 6 nitrogen and oxygen atoms in total. The molecular formula is C10H15N3O3. The summed E-state index contributed by atoms with van der Waals surface area (Å²) < 4.78 is 1.84. The molecular weight excluding hydrogens is 210 g/mol. The van der Waals surface area contributed by atoms with Crippen molar-refractivity contribution in [3.05, 3.63) is 12.2 Å². The predicted octanol–water partition coefficient (Wildman–Crippen LogP) is 0.381. The number of aryl methyl sites for hydroxylation is 1. The van der Waals surface area contributed by atoms with Crippen molar-refractivity contribution >= 4 is 5.97 Å². The van der Waals surface area contributed by atoms with Gasteiger partial charge in [-0.2, -0.15) is 0 Å². The van der Waals surface area contributed by atoms with Crippen LogP contribution < -0.4 is 0 Å². The van der Waals surface area contributed by atoms with Gasteiger partial charge in [0.15, 0.2) is 6.10 Å². The minimum atomic E-state index is -1.31. The third kappa shape index (κ3) is 2.21. The van der Waals surface area contributed by atoms with Crippen LogP contribution in [0, 0.1) is 0 Å². The molecule has 1 aliphatic rings. The molecule has 1 atom stereocenters. The Labute approximate surface area is 92.9 Å². The lowest BCUT2D eigenvalue weighted by atomic mass is 9.85. The number of carbonyl (C=O) groups is 1. The fourth-order valence-corrected chi connectivity index (χ4v) is 1.80. The van der Waals surface area contributed by atoms with Crippen molar-refractivity contribution in [1.29, 1.82) is 0 Å². The molecule has 6 heteroatoms. The summed E-state index contributed by atoms with van der Waals surface area (Å²) in [6, 6.07) is 0. The van der Waals surface area contributed by atoms with Crippen LogP contribution in [0.4, 0.5) is 0 Å². The highest BCUT2D eigenvalue weighted by atomic mass is 16.4. The molecule has 0 bridgehead atoms. The summed E-state index contributed by atoms with van der Waals surface area (Å²) in [6.07, 6.45) is 3.95. The zero-order chi connectivity index (χ0) is 11.5. The van der Waals surface area contributed by atoms with Crippen LogP contribution in [0.2, 0.25) is 0 Å². The highest BCUT2D eigenvalue weighted by Gasteiger charge is 2.24. The van der Waals surface area contributed by atoms with E-state index in [0.717, 1.165) is 18.7 Å². The molecule has 1 fully saturated rings. The van der Waals surface area contributed by atoms with E-state index in [2.05, 4.69) is 10.2 Å². The molecule has 0 radical (unpaired) electrons. The second-order valence-electron chi connectivity index (χ2n) is 4.15. The highest BCUT2D eigenvalue weighted by Crippen LogP contribution is 2.34. The van der Waals surface area contributed by atoms with Gasteiger partial charge in [-0.3, -0.25) is 0 Å². The Bertz CT molecular complexity index is 373. The Morgan fingerprint density at radius 2 is 2.38 bits per heavy atom. The summed E-state index contributed by atoms with van der Waals surface area (Å²) in [5, 5.41) is 25.6. The zero-order valence-electron chi connectivity index (χ0n) is 8.91. The van der Waals surface area contributed by atoms with Gasteiger partial charge in [-0.25, -0.2) is 4.79 Å². The van der Waals surface area contributed by atoms with Crippen molar-refractivity contribution in [2.24, 2.45) is 0 Å². The molecule has 0 saturated heterocycles. The zero-order valence-corrected chi connectivity index (χ0v) is 8.91. The molecule has 0 aromatic carbocycles. The Morgan fingerprint density at radius 3 is 2.94 bits per heavy atom. The van der Waals surface area contributed by atoms with E-state index in [4.69, 9.17) is 5.11 Å². The van der Waals surface area contributed by atoms with E-state index in [1.54, 1.807) is 6.33 Å². The molecule has 16 heavy (non-hydrogen) atoms. The third-order valence-corrected chi connectivity index (χ3v) is 3.04. The average molecular weight is 225 g/mol. The molecule has 0 aliphatic heterocycles. The van der Waals surface area contributed by atoms with Gasteiger partial charge in [0, 0.05) is 18.9 Å². The third-order valence-electron chi connectivity index (χ3n) is 3.04. The van der Waals surface area contributed by atoms with Crippen LogP contribution in [0.1, 0.15) is 37.4 Å². The lowest BCUT2D eigenvalue weighted by Crippen LogP contribution is -2.22. The van der Waals surface area contributed by atoms with Crippen LogP contribution in [0.3, 0.4) is 0 Å². The Morgan fingerprint density at radius 1 is 1.62 bits per heavy atom. The fourth-order valence-electron chi connectivity index (χ4n) is 1.80. The van der Waals surface area contributed by atoms with E-state index in [1.165, 1.54) is 6.42 Å². The number of carboxylic acids is 1. The number of hydrogen-bond donors (Lipinski definition) is 2. The number of aliphatic hydroxyl groups is 1. The Balaban J connectivity index is 1.93. The number of rotatable bonds is 5. The maximum absolute atomic E-state index is 10.5. The summed E-state index contributed by atoms with van der Waals surface area (Å²) >= 11 is 0. The minimum absolute atomic E-state index is 0.188. The molecule has 2 rings (SSSR count). The van der Waals surface area contributed by atoms with Crippen molar-refractivity contribution in [1.82, 2.24) is 14.8 Å². The SMILES string of the molecule is O=C(O)C(O)CCn1cnnc1C1CCC1. The minimum Gasteiger partial charge on any atom is -0.479 e. The molecule has 1 heterocycles. The molecule has 88 valence electrons. The first kappa shape index (κ1) is 11.1. The van der Waals surface area contributed by atoms with Gasteiger partial charge < -0.3 is 14.8 Å². The van der Waals surface area contributed by atoms with Crippen LogP contribution in [0.5, 0.6) is 0 Å². The van der Waals surface area contributed by atoms with Crippen molar-refractivity contribution in [2.45, 2.75) is 44.2 Å². The normalized spacial score (nSPS) is 18.1. The van der Waals surface area contributed by atoms with Crippen LogP contribution in [-0.4, -0.2) is 37.1 Å². The second kappa shape index (κ2) is 4.61. The molecule has 0 amide bonds. The average Bonchev–Trinajstić information content (AvgIpc) is 2.59. The summed E-state index contributed by atoms with van der Waals surface area (Å²) in [7, 11) is 0. The lowest BCUT2D eigenvalue weighted by molar-refractivity contribution is -0.147. The quantitative estimate of drug-likeness (QED) is 0.756. The monoisotopic (exact) mass is 225 g/mol. The maximum Gasteiger partial charge on any atom is 0.332 e. The molecule has 0 spiro atoms. The van der Waals surface area contributed by atoms with Gasteiger partial charge in [-0.1, -0.05) is 6.42 Å². The molecule has 1 aromatic heterocycles. The summed E-state index contributed by atoms with van der Waals surface area (Å²) in [6.45, 7) is 0.451. The lowest BCUT2D eigenvalue weighted by Gasteiger charge is -2.24. The standard InChI is InChI=1S/C10H15N3O3/c14-8(10(15)16)4-5-13-6-11-12-9(13)7-2-1-3-7/h6-8,14H,1-5H2,(H,15,16). The Kier molecular flexibility index (Phi) is 3.19. The van der Waals surface area contributed by atoms with Gasteiger partial charge in [0.1, 0.15) is 12.2 Å². The van der Waals surface area contributed by atoms with Crippen LogP contribution in [0.25, 0.3) is 0 Å². The van der Waals surface area contributed by atoms with Crippen LogP contribution in [0.15, 0.2) is 6.33 Å². The predicted molar refractivity (Wildman–Crippen MR) is 54.9 cm³/mol. The van der Waals surface area contributed by atoms with Crippen molar-refractivity contribution < 1.29 is 15.0 Å². The number of aliphatic hydroxyl groups excluding tert-OH is 1. The maximum atomic E-state index is 10.5. The van der Waals surface area contributed by atoms with E-state index in [9.17, 15) is 9.90 Å². The van der Waals surface area contributed by atoms with Crippen molar-refractivity contribution in [3.63, 3.8) is 0 Å². The first-order chi connectivity index (χ1) is 7.68. The summed E-state index contributed by atoms with van der Waals surface area (Å²) in [4.78, 5) is 10.5. The molecule has 1 unspecified atom stereocenters. The largest absolute Gasteiger partial charge is 0.479 e. The fraction of sp³-hybridized carbons (Fsp3) is 0.700. The van der Waals surface area contributed by atoms with E-state index in [-0.39, 0.29) is 6.42 Å². The van der Waals surface area contributed by atoms with Gasteiger partial charge in [-0.05, 0) is 12.8 Å². The van der Waals surface area contributed by atoms with Crippen molar-refractivity contribution in [2.75, 3.05) is 0 Å². The number of aliphatic carboxylic acids is 1. The molecule has 2 N–H and O–H groups in total. The first-order valence-electron chi connectivity index (χ1n) is 5.47. The van der Waals surface area contributed by atoms with Gasteiger partial charge in [0.25, 0.3) is 0 Å². The molecule has 1 aliphatic carbocycles. The summed E-state index contributed by atoms with van der Waals surface area (Å²) in [5.41, 5.74) is 0. The second-order valence-corrected chi connectivity index (χ2v) is 4.15. The van der Waals surface area contributed by atoms with Gasteiger partial charge in [0.2, 0.25) is 0 Å². The highest BCUT2D eigenvalue weighted by molar-refractivity contribution is 5.71. The van der Waals surface area contributed by atoms with Gasteiger partial charge in [-0.15, -0.1) is 10.2 Å². The topological polar surface area (TPSA) is 88.2 Å². The number of hydrogen-bond acceptors (Lipinski definition) is 4. The van der Waals surface area contributed by atoms with E-state index in [1.807, 2.05) is 4.57 Å². The smallest absolute Gasteiger partial charge is 0.332 e. The van der Waals surface area contributed by atoms with Gasteiger partial charge >= 0.3 is 5.97 Å². The van der Waals surface area contributed by atoms with E-state index >= 15 is 0 Å².